The molecule has 0 aromatic heterocycles. The highest BCUT2D eigenvalue weighted by Crippen LogP contribution is 2.31. The number of rotatable bonds is 4. The fourth-order valence-corrected chi connectivity index (χ4v) is 2.31. The second-order valence-electron chi connectivity index (χ2n) is 5.22. The van der Waals surface area contributed by atoms with Crippen molar-refractivity contribution in [3.63, 3.8) is 0 Å². The van der Waals surface area contributed by atoms with Gasteiger partial charge in [-0.15, -0.1) is 0 Å². The molecular weight excluding hydrogens is 281 g/mol. The van der Waals surface area contributed by atoms with Gasteiger partial charge in [0.05, 0.1) is 5.69 Å². The number of allylic oxidation sites excluding steroid dienone is 1. The van der Waals surface area contributed by atoms with Crippen molar-refractivity contribution in [2.24, 2.45) is 5.73 Å². The Bertz CT molecular complexity index is 728. The molecule has 4 N–H and O–H groups in total. The van der Waals surface area contributed by atoms with Crippen molar-refractivity contribution < 1.29 is 9.13 Å². The van der Waals surface area contributed by atoms with Crippen LogP contribution in [0.15, 0.2) is 54.0 Å². The van der Waals surface area contributed by atoms with E-state index in [2.05, 4.69) is 10.6 Å². The summed E-state index contributed by atoms with van der Waals surface area (Å²) in [5.74, 6) is 1.75. The van der Waals surface area contributed by atoms with Crippen LogP contribution in [-0.2, 0) is 13.1 Å². The number of anilines is 1. The van der Waals surface area contributed by atoms with Gasteiger partial charge in [0, 0.05) is 18.7 Å². The van der Waals surface area contributed by atoms with Crippen LogP contribution in [0.5, 0.6) is 5.75 Å². The monoisotopic (exact) mass is 299 g/mol. The van der Waals surface area contributed by atoms with Gasteiger partial charge in [-0.05, 0) is 30.7 Å². The number of nitrogens with two attached hydrogens (primary N) is 1. The minimum absolute atomic E-state index is 0.191. The predicted molar refractivity (Wildman–Crippen MR) is 84.5 cm³/mol. The first-order valence-electron chi connectivity index (χ1n) is 7.12. The van der Waals surface area contributed by atoms with Crippen LogP contribution in [0, 0.1) is 5.82 Å². The summed E-state index contributed by atoms with van der Waals surface area (Å²) in [6, 6.07) is 12.6. The molecule has 5 heteroatoms. The molecule has 0 aliphatic carbocycles. The van der Waals surface area contributed by atoms with Crippen LogP contribution < -0.4 is 21.1 Å². The van der Waals surface area contributed by atoms with Gasteiger partial charge in [0.25, 0.3) is 0 Å². The van der Waals surface area contributed by atoms with Crippen molar-refractivity contribution >= 4 is 5.69 Å². The van der Waals surface area contributed by atoms with Crippen molar-refractivity contribution in [1.82, 2.24) is 5.32 Å². The fraction of sp³-hybridized carbons (Fsp3) is 0.176. The van der Waals surface area contributed by atoms with Crippen LogP contribution in [0.4, 0.5) is 10.1 Å². The largest absolute Gasteiger partial charge is 0.456 e. The Morgan fingerprint density at radius 2 is 2.00 bits per heavy atom. The molecular formula is C17H18FN3O. The van der Waals surface area contributed by atoms with Crippen LogP contribution in [0.1, 0.15) is 18.1 Å². The average Bonchev–Trinajstić information content (AvgIpc) is 2.50. The normalized spacial score (nSPS) is 13.4. The topological polar surface area (TPSA) is 59.3 Å². The van der Waals surface area contributed by atoms with Crippen LogP contribution in [0.3, 0.4) is 0 Å². The van der Waals surface area contributed by atoms with E-state index in [0.29, 0.717) is 30.2 Å². The molecule has 0 unspecified atom stereocenters. The quantitative estimate of drug-likeness (QED) is 0.812. The molecule has 0 spiro atoms. The zero-order valence-corrected chi connectivity index (χ0v) is 12.3. The van der Waals surface area contributed by atoms with Gasteiger partial charge in [0.2, 0.25) is 0 Å². The lowest BCUT2D eigenvalue weighted by atomic mass is 10.1. The van der Waals surface area contributed by atoms with Crippen LogP contribution in [-0.4, -0.2) is 0 Å². The molecule has 0 saturated heterocycles. The third-order valence-corrected chi connectivity index (χ3v) is 3.56. The number of benzene rings is 2. The Balaban J connectivity index is 1.63. The van der Waals surface area contributed by atoms with E-state index in [4.69, 9.17) is 10.5 Å². The Morgan fingerprint density at radius 3 is 2.82 bits per heavy atom. The summed E-state index contributed by atoms with van der Waals surface area (Å²) in [6.45, 7) is 2.93. The van der Waals surface area contributed by atoms with E-state index in [9.17, 15) is 4.39 Å². The molecule has 1 aliphatic rings. The van der Waals surface area contributed by atoms with Crippen molar-refractivity contribution in [2.45, 2.75) is 20.0 Å². The van der Waals surface area contributed by atoms with Crippen molar-refractivity contribution in [3.8, 4) is 5.75 Å². The van der Waals surface area contributed by atoms with E-state index in [1.54, 1.807) is 12.1 Å². The first-order chi connectivity index (χ1) is 10.6. The highest BCUT2D eigenvalue weighted by atomic mass is 19.1. The maximum atomic E-state index is 13.5. The van der Waals surface area contributed by atoms with Gasteiger partial charge in [0.1, 0.15) is 17.4 Å². The van der Waals surface area contributed by atoms with Gasteiger partial charge in [0.15, 0.2) is 5.75 Å². The maximum absolute atomic E-state index is 13.5. The summed E-state index contributed by atoms with van der Waals surface area (Å²) in [5, 5.41) is 6.35. The molecule has 0 saturated carbocycles. The van der Waals surface area contributed by atoms with Gasteiger partial charge in [-0.3, -0.25) is 0 Å². The Hall–Kier alpha value is -2.53. The fourth-order valence-electron chi connectivity index (χ4n) is 2.31. The highest BCUT2D eigenvalue weighted by molar-refractivity contribution is 5.63. The molecule has 0 bridgehead atoms. The summed E-state index contributed by atoms with van der Waals surface area (Å²) in [6.07, 6.45) is 0. The zero-order valence-electron chi connectivity index (χ0n) is 12.3. The molecule has 1 aliphatic heterocycles. The molecule has 0 amide bonds. The molecule has 22 heavy (non-hydrogen) atoms. The number of fused-ring (bicyclic) bond motifs is 1. The third-order valence-electron chi connectivity index (χ3n) is 3.56. The molecule has 114 valence electrons. The molecule has 2 aromatic carbocycles. The lowest BCUT2D eigenvalue weighted by molar-refractivity contribution is 0.415. The minimum Gasteiger partial charge on any atom is -0.456 e. The van der Waals surface area contributed by atoms with E-state index in [1.807, 2.05) is 31.2 Å². The summed E-state index contributed by atoms with van der Waals surface area (Å²) >= 11 is 0. The van der Waals surface area contributed by atoms with Gasteiger partial charge in [-0.2, -0.15) is 0 Å². The smallest absolute Gasteiger partial charge is 0.150 e. The summed E-state index contributed by atoms with van der Waals surface area (Å²) in [7, 11) is 0. The molecule has 0 atom stereocenters. The van der Waals surface area contributed by atoms with Crippen LogP contribution in [0.25, 0.3) is 0 Å². The summed E-state index contributed by atoms with van der Waals surface area (Å²) < 4.78 is 19.1. The maximum Gasteiger partial charge on any atom is 0.150 e. The van der Waals surface area contributed by atoms with E-state index < -0.39 is 0 Å². The molecule has 4 nitrogen and oxygen atoms in total. The minimum atomic E-state index is -0.191. The lowest BCUT2D eigenvalue weighted by Crippen LogP contribution is -2.19. The SMILES string of the molecule is CC1=C(N)Nc2cc(CNCc3ccccc3F)ccc2O1. The Labute approximate surface area is 128 Å². The summed E-state index contributed by atoms with van der Waals surface area (Å²) in [4.78, 5) is 0. The molecule has 0 fully saturated rings. The predicted octanol–water partition coefficient (Wildman–Crippen LogP) is 3.07. The standard InChI is InChI=1S/C17H18FN3O/c1-11-17(19)21-15-8-12(6-7-16(15)22-11)9-20-10-13-4-2-3-5-14(13)18/h2-8,20-21H,9-10,19H2,1H3. The van der Waals surface area contributed by atoms with Gasteiger partial charge < -0.3 is 21.1 Å². The van der Waals surface area contributed by atoms with E-state index in [-0.39, 0.29) is 5.82 Å². The second-order valence-corrected chi connectivity index (χ2v) is 5.22. The number of hydrogen-bond acceptors (Lipinski definition) is 4. The average molecular weight is 299 g/mol. The molecule has 1 heterocycles. The molecule has 0 radical (unpaired) electrons. The highest BCUT2D eigenvalue weighted by Gasteiger charge is 2.14. The van der Waals surface area contributed by atoms with Gasteiger partial charge in [-0.25, -0.2) is 4.39 Å². The van der Waals surface area contributed by atoms with E-state index in [1.165, 1.54) is 6.07 Å². The van der Waals surface area contributed by atoms with Gasteiger partial charge in [-0.1, -0.05) is 24.3 Å². The van der Waals surface area contributed by atoms with Crippen molar-refractivity contribution in [1.29, 1.82) is 0 Å². The zero-order chi connectivity index (χ0) is 15.5. The van der Waals surface area contributed by atoms with E-state index in [0.717, 1.165) is 17.0 Å². The van der Waals surface area contributed by atoms with Crippen LogP contribution >= 0.6 is 0 Å². The van der Waals surface area contributed by atoms with Gasteiger partial charge >= 0.3 is 0 Å². The lowest BCUT2D eigenvalue weighted by Gasteiger charge is -2.21. The van der Waals surface area contributed by atoms with Crippen molar-refractivity contribution in [3.05, 3.63) is 71.0 Å². The first-order valence-corrected chi connectivity index (χ1v) is 7.12. The number of ether oxygens (including phenoxy) is 1. The number of hydrogen-bond donors (Lipinski definition) is 3. The first kappa shape index (κ1) is 14.4. The van der Waals surface area contributed by atoms with Crippen molar-refractivity contribution in [2.75, 3.05) is 5.32 Å². The third kappa shape index (κ3) is 3.04. The van der Waals surface area contributed by atoms with Crippen LogP contribution in [0.2, 0.25) is 0 Å². The molecule has 3 rings (SSSR count). The summed E-state index contributed by atoms with van der Waals surface area (Å²) in [5.41, 5.74) is 8.39. The Kier molecular flexibility index (Phi) is 3.98. The number of halogens is 1. The Morgan fingerprint density at radius 1 is 1.18 bits per heavy atom. The van der Waals surface area contributed by atoms with E-state index >= 15 is 0 Å². The molecule has 2 aromatic rings. The number of nitrogens with one attached hydrogen (secondary N) is 2. The second kappa shape index (κ2) is 6.07.